The molecule has 94 valence electrons. The molecule has 0 saturated carbocycles. The van der Waals surface area contributed by atoms with E-state index in [9.17, 15) is 0 Å². The Kier molecular flexibility index (Phi) is 4.28. The molecule has 1 N–H and O–H groups in total. The average Bonchev–Trinajstić information content (AvgIpc) is 2.38. The molecule has 5 nitrogen and oxygen atoms in total. The summed E-state index contributed by atoms with van der Waals surface area (Å²) in [5.74, 6) is 0.832. The number of morpholine rings is 1. The lowest BCUT2D eigenvalue weighted by molar-refractivity contribution is 0.122. The molecule has 0 bridgehead atoms. The second-order valence-corrected chi connectivity index (χ2v) is 4.23. The Balaban J connectivity index is 2.06. The molecule has 1 aromatic heterocycles. The van der Waals surface area contributed by atoms with Gasteiger partial charge >= 0.3 is 0 Å². The van der Waals surface area contributed by atoms with Gasteiger partial charge < -0.3 is 15.0 Å². The third kappa shape index (κ3) is 3.14. The molecule has 1 aliphatic rings. The first-order valence-electron chi connectivity index (χ1n) is 6.11. The highest BCUT2D eigenvalue weighted by molar-refractivity contribution is 5.33. The van der Waals surface area contributed by atoms with Gasteiger partial charge in [0.25, 0.3) is 0 Å². The van der Waals surface area contributed by atoms with Crippen molar-refractivity contribution in [3.8, 4) is 0 Å². The number of aromatic nitrogens is 2. The van der Waals surface area contributed by atoms with E-state index >= 15 is 0 Å². The Labute approximate surface area is 102 Å². The highest BCUT2D eigenvalue weighted by atomic mass is 16.5. The Morgan fingerprint density at radius 2 is 2.18 bits per heavy atom. The van der Waals surface area contributed by atoms with E-state index in [2.05, 4.69) is 27.1 Å². The minimum Gasteiger partial charge on any atom is -0.378 e. The Hall–Kier alpha value is -1.20. The molecule has 0 amide bonds. The predicted octanol–water partition coefficient (Wildman–Crippen LogP) is 0.384. The molecule has 1 saturated heterocycles. The topological polar surface area (TPSA) is 50.3 Å². The van der Waals surface area contributed by atoms with E-state index in [-0.39, 0.29) is 0 Å². The molecule has 0 aromatic carbocycles. The summed E-state index contributed by atoms with van der Waals surface area (Å²) in [7, 11) is 1.96. The lowest BCUT2D eigenvalue weighted by Gasteiger charge is -2.27. The zero-order valence-corrected chi connectivity index (χ0v) is 10.6. The van der Waals surface area contributed by atoms with Gasteiger partial charge in [0.05, 0.1) is 13.2 Å². The van der Waals surface area contributed by atoms with Crippen LogP contribution in [-0.2, 0) is 11.2 Å². The van der Waals surface area contributed by atoms with Crippen LogP contribution < -0.4 is 10.2 Å². The van der Waals surface area contributed by atoms with Crippen LogP contribution in [0.1, 0.15) is 11.3 Å². The summed E-state index contributed by atoms with van der Waals surface area (Å²) < 4.78 is 5.32. The zero-order valence-electron chi connectivity index (χ0n) is 10.6. The molecular weight excluding hydrogens is 216 g/mol. The maximum absolute atomic E-state index is 5.32. The predicted molar refractivity (Wildman–Crippen MR) is 67.4 cm³/mol. The summed E-state index contributed by atoms with van der Waals surface area (Å²) in [6.07, 6.45) is 2.93. The number of nitrogens with one attached hydrogen (secondary N) is 1. The lowest BCUT2D eigenvalue weighted by Crippen LogP contribution is -2.37. The molecule has 1 aromatic rings. The summed E-state index contributed by atoms with van der Waals surface area (Å²) in [5.41, 5.74) is 2.30. The number of anilines is 1. The van der Waals surface area contributed by atoms with Crippen LogP contribution in [-0.4, -0.2) is 49.9 Å². The average molecular weight is 236 g/mol. The Morgan fingerprint density at radius 3 is 2.82 bits per heavy atom. The SMILES string of the molecule is CNCCc1cnc(N2CCOCC2)nc1C. The Morgan fingerprint density at radius 1 is 1.41 bits per heavy atom. The molecule has 2 heterocycles. The van der Waals surface area contributed by atoms with Gasteiger partial charge in [-0.15, -0.1) is 0 Å². The molecule has 0 spiro atoms. The van der Waals surface area contributed by atoms with Crippen molar-refractivity contribution in [2.24, 2.45) is 0 Å². The van der Waals surface area contributed by atoms with Crippen molar-refractivity contribution >= 4 is 5.95 Å². The molecule has 0 unspecified atom stereocenters. The fraction of sp³-hybridized carbons (Fsp3) is 0.667. The van der Waals surface area contributed by atoms with Crippen molar-refractivity contribution in [1.82, 2.24) is 15.3 Å². The van der Waals surface area contributed by atoms with Gasteiger partial charge in [0.15, 0.2) is 0 Å². The van der Waals surface area contributed by atoms with Gasteiger partial charge in [-0.25, -0.2) is 9.97 Å². The van der Waals surface area contributed by atoms with E-state index in [0.717, 1.165) is 50.9 Å². The third-order valence-corrected chi connectivity index (χ3v) is 3.01. The van der Waals surface area contributed by atoms with Crippen LogP contribution in [0.5, 0.6) is 0 Å². The fourth-order valence-electron chi connectivity index (χ4n) is 1.90. The van der Waals surface area contributed by atoms with Gasteiger partial charge in [-0.05, 0) is 32.5 Å². The van der Waals surface area contributed by atoms with Gasteiger partial charge in [-0.1, -0.05) is 0 Å². The van der Waals surface area contributed by atoms with Crippen molar-refractivity contribution < 1.29 is 4.74 Å². The molecule has 0 radical (unpaired) electrons. The van der Waals surface area contributed by atoms with Crippen molar-refractivity contribution in [2.75, 3.05) is 44.8 Å². The largest absolute Gasteiger partial charge is 0.378 e. The van der Waals surface area contributed by atoms with Gasteiger partial charge in [-0.2, -0.15) is 0 Å². The van der Waals surface area contributed by atoms with Crippen molar-refractivity contribution in [3.63, 3.8) is 0 Å². The van der Waals surface area contributed by atoms with Crippen LogP contribution in [0.4, 0.5) is 5.95 Å². The van der Waals surface area contributed by atoms with Gasteiger partial charge in [0, 0.05) is 25.0 Å². The normalized spacial score (nSPS) is 16.2. The summed E-state index contributed by atoms with van der Waals surface area (Å²) in [4.78, 5) is 11.2. The fourth-order valence-corrected chi connectivity index (χ4v) is 1.90. The second-order valence-electron chi connectivity index (χ2n) is 4.23. The molecule has 0 aliphatic carbocycles. The summed E-state index contributed by atoms with van der Waals surface area (Å²) in [6, 6.07) is 0. The zero-order chi connectivity index (χ0) is 12.1. The van der Waals surface area contributed by atoms with Crippen LogP contribution in [0.15, 0.2) is 6.20 Å². The molecule has 5 heteroatoms. The number of likely N-dealkylation sites (N-methyl/N-ethyl adjacent to an activating group) is 1. The van der Waals surface area contributed by atoms with Crippen molar-refractivity contribution in [2.45, 2.75) is 13.3 Å². The summed E-state index contributed by atoms with van der Waals surface area (Å²) in [6.45, 7) is 6.32. The number of hydrogen-bond donors (Lipinski definition) is 1. The highest BCUT2D eigenvalue weighted by Gasteiger charge is 2.14. The van der Waals surface area contributed by atoms with Crippen molar-refractivity contribution in [3.05, 3.63) is 17.5 Å². The van der Waals surface area contributed by atoms with Crippen LogP contribution in [0.25, 0.3) is 0 Å². The molecule has 0 atom stereocenters. The van der Waals surface area contributed by atoms with E-state index in [1.807, 2.05) is 13.2 Å². The molecular formula is C12H20N4O. The molecule has 17 heavy (non-hydrogen) atoms. The van der Waals surface area contributed by atoms with E-state index in [1.54, 1.807) is 0 Å². The van der Waals surface area contributed by atoms with Gasteiger partial charge in [0.1, 0.15) is 0 Å². The van der Waals surface area contributed by atoms with Gasteiger partial charge in [-0.3, -0.25) is 0 Å². The standard InChI is InChI=1S/C12H20N4O/c1-10-11(3-4-13-2)9-14-12(15-10)16-5-7-17-8-6-16/h9,13H,3-8H2,1-2H3. The number of ether oxygens (including phenoxy) is 1. The van der Waals surface area contributed by atoms with Crippen LogP contribution >= 0.6 is 0 Å². The molecule has 2 rings (SSSR count). The second kappa shape index (κ2) is 5.93. The molecule has 1 aliphatic heterocycles. The minimum atomic E-state index is 0.768. The van der Waals surface area contributed by atoms with Crippen molar-refractivity contribution in [1.29, 1.82) is 0 Å². The van der Waals surface area contributed by atoms with Crippen LogP contribution in [0.3, 0.4) is 0 Å². The maximum Gasteiger partial charge on any atom is 0.225 e. The minimum absolute atomic E-state index is 0.768. The maximum atomic E-state index is 5.32. The summed E-state index contributed by atoms with van der Waals surface area (Å²) in [5, 5.41) is 3.14. The number of aryl methyl sites for hydroxylation is 1. The number of rotatable bonds is 4. The van der Waals surface area contributed by atoms with Gasteiger partial charge in [0.2, 0.25) is 5.95 Å². The van der Waals surface area contributed by atoms with Crippen LogP contribution in [0.2, 0.25) is 0 Å². The van der Waals surface area contributed by atoms with E-state index < -0.39 is 0 Å². The monoisotopic (exact) mass is 236 g/mol. The van der Waals surface area contributed by atoms with E-state index in [1.165, 1.54) is 5.56 Å². The Bertz CT molecular complexity index is 364. The smallest absolute Gasteiger partial charge is 0.225 e. The summed E-state index contributed by atoms with van der Waals surface area (Å²) >= 11 is 0. The molecule has 1 fully saturated rings. The quantitative estimate of drug-likeness (QED) is 0.819. The highest BCUT2D eigenvalue weighted by Crippen LogP contribution is 2.12. The lowest BCUT2D eigenvalue weighted by atomic mass is 10.2. The number of nitrogens with zero attached hydrogens (tertiary/aromatic N) is 3. The first kappa shape index (κ1) is 12.3. The first-order chi connectivity index (χ1) is 8.31. The number of hydrogen-bond acceptors (Lipinski definition) is 5. The van der Waals surface area contributed by atoms with E-state index in [4.69, 9.17) is 4.74 Å². The third-order valence-electron chi connectivity index (χ3n) is 3.01. The van der Waals surface area contributed by atoms with E-state index in [0.29, 0.717) is 0 Å². The van der Waals surface area contributed by atoms with Crippen LogP contribution in [0, 0.1) is 6.92 Å². The first-order valence-corrected chi connectivity index (χ1v) is 6.11.